The van der Waals surface area contributed by atoms with Crippen LogP contribution in [0.2, 0.25) is 0 Å². The molecule has 8 heteroatoms. The number of halogens is 1. The van der Waals surface area contributed by atoms with E-state index in [2.05, 4.69) is 15.7 Å². The number of benzene rings is 2. The van der Waals surface area contributed by atoms with Gasteiger partial charge in [0.1, 0.15) is 17.3 Å². The summed E-state index contributed by atoms with van der Waals surface area (Å²) in [6.45, 7) is 2.26. The lowest BCUT2D eigenvalue weighted by molar-refractivity contribution is -0.122. The number of likely N-dealkylation sites (N-methyl/N-ethyl adjacent to an activating group) is 1. The number of anilines is 1. The number of carbonyl (C=O) groups excluding carboxylic acids is 2. The van der Waals surface area contributed by atoms with Crippen LogP contribution in [-0.4, -0.2) is 34.7 Å². The standard InChI is InChI=1S/C23H23FN4O3/c1-2-25-21(29)14-31-16-8-5-7-15(13-16)26-23(30)22-17-9-6-12-19(17)28(27-22)20-11-4-3-10-18(20)24/h3-5,7-8,10-11,13H,2,6,9,12,14H2,1H3,(H,25,29)(H,26,30). The van der Waals surface area contributed by atoms with Crippen molar-refractivity contribution in [1.82, 2.24) is 15.1 Å². The lowest BCUT2D eigenvalue weighted by Crippen LogP contribution is -2.28. The van der Waals surface area contributed by atoms with E-state index in [1.54, 1.807) is 47.1 Å². The molecular formula is C23H23FN4O3. The van der Waals surface area contributed by atoms with Gasteiger partial charge in [-0.2, -0.15) is 5.10 Å². The Morgan fingerprint density at radius 2 is 2.00 bits per heavy atom. The maximum absolute atomic E-state index is 14.3. The van der Waals surface area contributed by atoms with Crippen LogP contribution < -0.4 is 15.4 Å². The van der Waals surface area contributed by atoms with Crippen molar-refractivity contribution in [3.05, 3.63) is 71.3 Å². The average molecular weight is 422 g/mol. The second kappa shape index (κ2) is 8.99. The molecule has 0 radical (unpaired) electrons. The minimum Gasteiger partial charge on any atom is -0.484 e. The fraction of sp³-hybridized carbons (Fsp3) is 0.261. The fourth-order valence-electron chi connectivity index (χ4n) is 3.69. The van der Waals surface area contributed by atoms with E-state index in [0.717, 1.165) is 30.5 Å². The van der Waals surface area contributed by atoms with Gasteiger partial charge >= 0.3 is 0 Å². The molecule has 7 nitrogen and oxygen atoms in total. The molecule has 0 saturated heterocycles. The molecule has 1 aliphatic rings. The predicted molar refractivity (Wildman–Crippen MR) is 114 cm³/mol. The van der Waals surface area contributed by atoms with Crippen LogP contribution in [0.15, 0.2) is 48.5 Å². The summed E-state index contributed by atoms with van der Waals surface area (Å²) in [6.07, 6.45) is 2.36. The normalized spacial score (nSPS) is 12.3. The summed E-state index contributed by atoms with van der Waals surface area (Å²) < 4.78 is 21.3. The molecule has 0 aliphatic heterocycles. The van der Waals surface area contributed by atoms with Gasteiger partial charge in [-0.25, -0.2) is 9.07 Å². The number of rotatable bonds is 7. The average Bonchev–Trinajstić information content (AvgIpc) is 3.36. The van der Waals surface area contributed by atoms with Gasteiger partial charge in [0.2, 0.25) is 0 Å². The minimum atomic E-state index is -0.386. The number of para-hydroxylation sites is 1. The molecule has 0 atom stereocenters. The van der Waals surface area contributed by atoms with E-state index in [4.69, 9.17) is 4.74 Å². The third-order valence-electron chi connectivity index (χ3n) is 5.06. The first-order valence-corrected chi connectivity index (χ1v) is 10.2. The Kier molecular flexibility index (Phi) is 5.97. The van der Waals surface area contributed by atoms with Crippen molar-refractivity contribution in [3.8, 4) is 11.4 Å². The summed E-state index contributed by atoms with van der Waals surface area (Å²) in [5.74, 6) is -0.505. The molecular weight excluding hydrogens is 399 g/mol. The second-order valence-electron chi connectivity index (χ2n) is 7.21. The molecule has 0 unspecified atom stereocenters. The van der Waals surface area contributed by atoms with Crippen molar-refractivity contribution in [1.29, 1.82) is 0 Å². The highest BCUT2D eigenvalue weighted by Gasteiger charge is 2.27. The molecule has 1 heterocycles. The van der Waals surface area contributed by atoms with E-state index < -0.39 is 0 Å². The molecule has 4 rings (SSSR count). The van der Waals surface area contributed by atoms with E-state index in [9.17, 15) is 14.0 Å². The van der Waals surface area contributed by atoms with Crippen LogP contribution in [0.25, 0.3) is 5.69 Å². The number of hydrogen-bond donors (Lipinski definition) is 2. The Hall–Kier alpha value is -3.68. The monoisotopic (exact) mass is 422 g/mol. The number of nitrogens with zero attached hydrogens (tertiary/aromatic N) is 2. The molecule has 2 amide bonds. The Balaban J connectivity index is 1.54. The highest BCUT2D eigenvalue weighted by Crippen LogP contribution is 2.29. The third-order valence-corrected chi connectivity index (χ3v) is 5.06. The van der Waals surface area contributed by atoms with Crippen molar-refractivity contribution in [3.63, 3.8) is 0 Å². The lowest BCUT2D eigenvalue weighted by Gasteiger charge is -2.09. The zero-order valence-corrected chi connectivity index (χ0v) is 17.2. The Bertz CT molecular complexity index is 1130. The summed E-state index contributed by atoms with van der Waals surface area (Å²) in [5.41, 5.74) is 2.87. The van der Waals surface area contributed by atoms with Gasteiger partial charge in [0, 0.05) is 29.6 Å². The summed E-state index contributed by atoms with van der Waals surface area (Å²) >= 11 is 0. The number of aromatic nitrogens is 2. The molecule has 0 bridgehead atoms. The van der Waals surface area contributed by atoms with Crippen LogP contribution in [0.4, 0.5) is 10.1 Å². The summed E-state index contributed by atoms with van der Waals surface area (Å²) in [5, 5.41) is 9.93. The highest BCUT2D eigenvalue weighted by atomic mass is 19.1. The molecule has 31 heavy (non-hydrogen) atoms. The van der Waals surface area contributed by atoms with Gasteiger partial charge in [-0.05, 0) is 50.5 Å². The second-order valence-corrected chi connectivity index (χ2v) is 7.21. The van der Waals surface area contributed by atoms with E-state index >= 15 is 0 Å². The smallest absolute Gasteiger partial charge is 0.276 e. The van der Waals surface area contributed by atoms with Crippen molar-refractivity contribution >= 4 is 17.5 Å². The predicted octanol–water partition coefficient (Wildman–Crippen LogP) is 3.27. The highest BCUT2D eigenvalue weighted by molar-refractivity contribution is 6.04. The van der Waals surface area contributed by atoms with Crippen LogP contribution in [-0.2, 0) is 17.6 Å². The molecule has 2 aromatic carbocycles. The SMILES string of the molecule is CCNC(=O)COc1cccc(NC(=O)c2nn(-c3ccccc3F)c3c2CCC3)c1. The summed E-state index contributed by atoms with van der Waals surface area (Å²) in [6, 6.07) is 13.2. The number of nitrogens with one attached hydrogen (secondary N) is 2. The van der Waals surface area contributed by atoms with Gasteiger partial charge in [0.05, 0.1) is 0 Å². The number of fused-ring (bicyclic) bond motifs is 1. The van der Waals surface area contributed by atoms with E-state index in [1.807, 2.05) is 6.92 Å². The first-order chi connectivity index (χ1) is 15.1. The van der Waals surface area contributed by atoms with Gasteiger partial charge in [0.25, 0.3) is 11.8 Å². The molecule has 1 aliphatic carbocycles. The van der Waals surface area contributed by atoms with Gasteiger partial charge in [-0.3, -0.25) is 9.59 Å². The zero-order valence-electron chi connectivity index (χ0n) is 17.2. The first-order valence-electron chi connectivity index (χ1n) is 10.2. The van der Waals surface area contributed by atoms with Gasteiger partial charge in [0.15, 0.2) is 12.3 Å². The quantitative estimate of drug-likeness (QED) is 0.612. The topological polar surface area (TPSA) is 85.2 Å². The van der Waals surface area contributed by atoms with Crippen LogP contribution >= 0.6 is 0 Å². The summed E-state index contributed by atoms with van der Waals surface area (Å²) in [7, 11) is 0. The third kappa shape index (κ3) is 4.42. The molecule has 0 spiro atoms. The van der Waals surface area contributed by atoms with E-state index in [1.165, 1.54) is 6.07 Å². The van der Waals surface area contributed by atoms with Crippen LogP contribution in [0.5, 0.6) is 5.75 Å². The Morgan fingerprint density at radius 3 is 2.81 bits per heavy atom. The number of hydrogen-bond acceptors (Lipinski definition) is 4. The molecule has 0 saturated carbocycles. The van der Waals surface area contributed by atoms with Crippen molar-refractivity contribution < 1.29 is 18.7 Å². The minimum absolute atomic E-state index is 0.105. The fourth-order valence-corrected chi connectivity index (χ4v) is 3.69. The van der Waals surface area contributed by atoms with Crippen molar-refractivity contribution in [2.45, 2.75) is 26.2 Å². The van der Waals surface area contributed by atoms with Crippen LogP contribution in [0.1, 0.15) is 35.1 Å². The molecule has 2 N–H and O–H groups in total. The Labute approximate surface area is 179 Å². The molecule has 160 valence electrons. The summed E-state index contributed by atoms with van der Waals surface area (Å²) in [4.78, 5) is 24.6. The van der Waals surface area contributed by atoms with Gasteiger partial charge < -0.3 is 15.4 Å². The van der Waals surface area contributed by atoms with E-state index in [-0.39, 0.29) is 24.2 Å². The van der Waals surface area contributed by atoms with E-state index in [0.29, 0.717) is 29.4 Å². The first kappa shape index (κ1) is 20.6. The van der Waals surface area contributed by atoms with Crippen LogP contribution in [0.3, 0.4) is 0 Å². The van der Waals surface area contributed by atoms with Gasteiger partial charge in [-0.1, -0.05) is 18.2 Å². The number of ether oxygens (including phenoxy) is 1. The van der Waals surface area contributed by atoms with Crippen molar-refractivity contribution in [2.24, 2.45) is 0 Å². The lowest BCUT2D eigenvalue weighted by atomic mass is 10.2. The Morgan fingerprint density at radius 1 is 1.16 bits per heavy atom. The largest absolute Gasteiger partial charge is 0.484 e. The van der Waals surface area contributed by atoms with Crippen LogP contribution in [0, 0.1) is 5.82 Å². The van der Waals surface area contributed by atoms with Gasteiger partial charge in [-0.15, -0.1) is 0 Å². The maximum atomic E-state index is 14.3. The number of amides is 2. The molecule has 0 fully saturated rings. The number of carbonyl (C=O) groups is 2. The molecule has 1 aromatic heterocycles. The zero-order chi connectivity index (χ0) is 21.8. The molecule has 3 aromatic rings. The maximum Gasteiger partial charge on any atom is 0.276 e. The van der Waals surface area contributed by atoms with Crippen molar-refractivity contribution in [2.75, 3.05) is 18.5 Å².